The quantitative estimate of drug-likeness (QED) is 0.476. The molecule has 4 aromatic rings. The summed E-state index contributed by atoms with van der Waals surface area (Å²) in [4.78, 5) is 14.7. The molecule has 2 aromatic carbocycles. The summed E-state index contributed by atoms with van der Waals surface area (Å²) in [6.07, 6.45) is 4.84. The topological polar surface area (TPSA) is 56.8 Å². The van der Waals surface area contributed by atoms with Crippen molar-refractivity contribution in [3.8, 4) is 0 Å². The van der Waals surface area contributed by atoms with Crippen LogP contribution in [0, 0.1) is 6.92 Å². The van der Waals surface area contributed by atoms with Crippen molar-refractivity contribution < 1.29 is 0 Å². The minimum Gasteiger partial charge on any atom is -0.370 e. The van der Waals surface area contributed by atoms with E-state index in [2.05, 4.69) is 88.8 Å². The summed E-state index contributed by atoms with van der Waals surface area (Å²) in [5.74, 6) is 1.56. The van der Waals surface area contributed by atoms with E-state index in [1.807, 2.05) is 12.3 Å². The monoisotopic (exact) mass is 371 g/mol. The molecule has 28 heavy (non-hydrogen) atoms. The summed E-state index contributed by atoms with van der Waals surface area (Å²) < 4.78 is 0. The van der Waals surface area contributed by atoms with Gasteiger partial charge in [-0.15, -0.1) is 0 Å². The van der Waals surface area contributed by atoms with Crippen LogP contribution >= 0.6 is 0 Å². The largest absolute Gasteiger partial charge is 0.370 e. The van der Waals surface area contributed by atoms with E-state index in [9.17, 15) is 0 Å². The number of nitrogens with zero attached hydrogens (tertiary/aromatic N) is 3. The molecule has 0 radical (unpaired) electrons. The normalized spacial score (nSPS) is 10.9. The molecular formula is C23H25N5. The first kappa shape index (κ1) is 18.0. The highest BCUT2D eigenvalue weighted by atomic mass is 15.3. The van der Waals surface area contributed by atoms with Crippen LogP contribution in [0.2, 0.25) is 0 Å². The van der Waals surface area contributed by atoms with E-state index in [0.29, 0.717) is 5.95 Å². The minimum absolute atomic E-state index is 0.713. The highest BCUT2D eigenvalue weighted by Gasteiger charge is 2.11. The maximum absolute atomic E-state index is 4.73. The van der Waals surface area contributed by atoms with Crippen LogP contribution in [0.5, 0.6) is 0 Å². The Kier molecular flexibility index (Phi) is 5.24. The zero-order valence-corrected chi connectivity index (χ0v) is 16.3. The van der Waals surface area contributed by atoms with Gasteiger partial charge in [0.2, 0.25) is 5.95 Å². The molecule has 4 rings (SSSR count). The Labute approximate surface area is 165 Å². The van der Waals surface area contributed by atoms with Crippen molar-refractivity contribution >= 4 is 28.4 Å². The van der Waals surface area contributed by atoms with E-state index in [-0.39, 0.29) is 0 Å². The van der Waals surface area contributed by atoms with Gasteiger partial charge in [-0.1, -0.05) is 30.3 Å². The van der Waals surface area contributed by atoms with Crippen LogP contribution in [0.15, 0.2) is 67.0 Å². The Morgan fingerprint density at radius 3 is 2.82 bits per heavy atom. The number of rotatable bonds is 7. The summed E-state index contributed by atoms with van der Waals surface area (Å²) >= 11 is 0. The van der Waals surface area contributed by atoms with E-state index >= 15 is 0 Å². The number of hydrogen-bond donors (Lipinski definition) is 2. The van der Waals surface area contributed by atoms with Crippen LogP contribution in [0.4, 0.5) is 17.5 Å². The molecule has 0 fully saturated rings. The summed E-state index contributed by atoms with van der Waals surface area (Å²) in [7, 11) is 0. The Morgan fingerprint density at radius 1 is 1.07 bits per heavy atom. The van der Waals surface area contributed by atoms with Crippen LogP contribution in [0.3, 0.4) is 0 Å². The summed E-state index contributed by atoms with van der Waals surface area (Å²) in [5, 5.41) is 4.72. The third-order valence-electron chi connectivity index (χ3n) is 4.89. The highest BCUT2D eigenvalue weighted by Crippen LogP contribution is 2.23. The SMILES string of the molecule is CCN(c1cccc(C)c1)c1nccc(NCCc2c[nH]c3ccccc23)n1. The predicted octanol–water partition coefficient (Wildman–Crippen LogP) is 5.08. The summed E-state index contributed by atoms with van der Waals surface area (Å²) in [6.45, 7) is 5.83. The molecule has 0 saturated carbocycles. The number of benzene rings is 2. The molecule has 0 bridgehead atoms. The number of anilines is 3. The molecule has 0 aliphatic carbocycles. The Morgan fingerprint density at radius 2 is 1.96 bits per heavy atom. The van der Waals surface area contributed by atoms with Crippen molar-refractivity contribution in [1.29, 1.82) is 0 Å². The fourth-order valence-electron chi connectivity index (χ4n) is 3.48. The number of aromatic nitrogens is 3. The van der Waals surface area contributed by atoms with Crippen LogP contribution in [0.1, 0.15) is 18.1 Å². The Balaban J connectivity index is 1.46. The lowest BCUT2D eigenvalue weighted by Crippen LogP contribution is -2.19. The molecule has 0 unspecified atom stereocenters. The van der Waals surface area contributed by atoms with Gasteiger partial charge >= 0.3 is 0 Å². The molecule has 0 atom stereocenters. The second-order valence-electron chi connectivity index (χ2n) is 6.86. The van der Waals surface area contributed by atoms with Gasteiger partial charge in [-0.3, -0.25) is 0 Å². The molecule has 2 N–H and O–H groups in total. The Hall–Kier alpha value is -3.34. The van der Waals surface area contributed by atoms with Crippen LogP contribution in [0.25, 0.3) is 10.9 Å². The van der Waals surface area contributed by atoms with Gasteiger partial charge in [0.25, 0.3) is 0 Å². The molecule has 2 heterocycles. The molecule has 5 nitrogen and oxygen atoms in total. The van der Waals surface area contributed by atoms with E-state index < -0.39 is 0 Å². The van der Waals surface area contributed by atoms with Crippen molar-refractivity contribution in [2.24, 2.45) is 0 Å². The van der Waals surface area contributed by atoms with Crippen molar-refractivity contribution in [2.45, 2.75) is 20.3 Å². The van der Waals surface area contributed by atoms with E-state index in [0.717, 1.165) is 31.0 Å². The first-order valence-electron chi connectivity index (χ1n) is 9.70. The Bertz CT molecular complexity index is 1070. The molecule has 2 aromatic heterocycles. The third kappa shape index (κ3) is 3.83. The fraction of sp³-hybridized carbons (Fsp3) is 0.217. The first-order valence-corrected chi connectivity index (χ1v) is 9.70. The van der Waals surface area contributed by atoms with Gasteiger partial charge in [-0.2, -0.15) is 4.98 Å². The van der Waals surface area contributed by atoms with E-state index in [1.54, 1.807) is 0 Å². The lowest BCUT2D eigenvalue weighted by molar-refractivity contribution is 0.937. The number of aryl methyl sites for hydroxylation is 1. The number of hydrogen-bond acceptors (Lipinski definition) is 4. The van der Waals surface area contributed by atoms with Gasteiger partial charge in [-0.25, -0.2) is 4.98 Å². The molecule has 0 aliphatic heterocycles. The van der Waals surface area contributed by atoms with Crippen LogP contribution in [-0.2, 0) is 6.42 Å². The average Bonchev–Trinajstić information content (AvgIpc) is 3.12. The molecule has 142 valence electrons. The van der Waals surface area contributed by atoms with Crippen molar-refractivity contribution in [3.05, 3.63) is 78.1 Å². The molecule has 0 spiro atoms. The number of fused-ring (bicyclic) bond motifs is 1. The van der Waals surface area contributed by atoms with E-state index in [1.165, 1.54) is 22.0 Å². The van der Waals surface area contributed by atoms with Crippen molar-refractivity contribution in [2.75, 3.05) is 23.3 Å². The molecular weight excluding hydrogens is 346 g/mol. The van der Waals surface area contributed by atoms with Crippen LogP contribution < -0.4 is 10.2 Å². The third-order valence-corrected chi connectivity index (χ3v) is 4.89. The van der Waals surface area contributed by atoms with Gasteiger partial charge in [0.05, 0.1) is 0 Å². The maximum atomic E-state index is 4.73. The first-order chi connectivity index (χ1) is 13.7. The number of para-hydroxylation sites is 1. The smallest absolute Gasteiger partial charge is 0.231 e. The van der Waals surface area contributed by atoms with Gasteiger partial charge in [0.1, 0.15) is 5.82 Å². The minimum atomic E-state index is 0.713. The molecule has 0 amide bonds. The van der Waals surface area contributed by atoms with Crippen LogP contribution in [-0.4, -0.2) is 28.0 Å². The summed E-state index contributed by atoms with van der Waals surface area (Å²) in [5.41, 5.74) is 4.83. The maximum Gasteiger partial charge on any atom is 0.231 e. The van der Waals surface area contributed by atoms with Gasteiger partial charge in [0, 0.05) is 42.1 Å². The molecule has 0 aliphatic rings. The fourth-order valence-corrected chi connectivity index (χ4v) is 3.48. The predicted molar refractivity (Wildman–Crippen MR) is 116 cm³/mol. The van der Waals surface area contributed by atoms with Gasteiger partial charge in [-0.05, 0) is 55.7 Å². The average molecular weight is 371 g/mol. The van der Waals surface area contributed by atoms with Gasteiger partial charge in [0.15, 0.2) is 0 Å². The number of nitrogens with one attached hydrogen (secondary N) is 2. The molecule has 0 saturated heterocycles. The highest BCUT2D eigenvalue weighted by molar-refractivity contribution is 5.83. The van der Waals surface area contributed by atoms with E-state index in [4.69, 9.17) is 4.98 Å². The zero-order chi connectivity index (χ0) is 19.3. The lowest BCUT2D eigenvalue weighted by atomic mass is 10.1. The zero-order valence-electron chi connectivity index (χ0n) is 16.3. The standard InChI is InChI=1S/C23H25N5/c1-3-28(19-8-6-7-17(2)15-19)23-25-14-12-22(27-23)24-13-11-18-16-26-21-10-5-4-9-20(18)21/h4-10,12,14-16,26H,3,11,13H2,1-2H3,(H,24,25,27). The van der Waals surface area contributed by atoms with Crippen molar-refractivity contribution in [3.63, 3.8) is 0 Å². The number of aromatic amines is 1. The number of H-pyrrole nitrogens is 1. The second-order valence-corrected chi connectivity index (χ2v) is 6.86. The second kappa shape index (κ2) is 8.13. The lowest BCUT2D eigenvalue weighted by Gasteiger charge is -2.21. The molecule has 5 heteroatoms. The van der Waals surface area contributed by atoms with Crippen molar-refractivity contribution in [1.82, 2.24) is 15.0 Å². The summed E-state index contributed by atoms with van der Waals surface area (Å²) in [6, 6.07) is 18.7. The van der Waals surface area contributed by atoms with Gasteiger partial charge < -0.3 is 15.2 Å².